The number of hydrogen-bond acceptors (Lipinski definition) is 3. The Morgan fingerprint density at radius 1 is 1.28 bits per heavy atom. The molecule has 0 atom stereocenters. The summed E-state index contributed by atoms with van der Waals surface area (Å²) in [7, 11) is 3.36. The first-order valence-electron chi connectivity index (χ1n) is 5.63. The highest BCUT2D eigenvalue weighted by Crippen LogP contribution is 2.18. The largest absolute Gasteiger partial charge is 0.497 e. The fraction of sp³-hybridized carbons (Fsp3) is 0.214. The third-order valence-corrected chi connectivity index (χ3v) is 2.74. The van der Waals surface area contributed by atoms with Crippen LogP contribution in [0.5, 0.6) is 5.75 Å². The van der Waals surface area contributed by atoms with E-state index in [1.807, 2.05) is 24.3 Å². The molecule has 0 aliphatic rings. The minimum Gasteiger partial charge on any atom is -0.497 e. The van der Waals surface area contributed by atoms with Crippen molar-refractivity contribution in [3.63, 3.8) is 0 Å². The van der Waals surface area contributed by atoms with Crippen molar-refractivity contribution >= 4 is 11.6 Å². The minimum atomic E-state index is -0.0184. The van der Waals surface area contributed by atoms with Gasteiger partial charge in [0.05, 0.1) is 19.8 Å². The number of carbonyl (C=O) groups is 1. The second-order valence-corrected chi connectivity index (χ2v) is 3.91. The summed E-state index contributed by atoms with van der Waals surface area (Å²) in [5, 5.41) is 0. The summed E-state index contributed by atoms with van der Waals surface area (Å²) in [5.41, 5.74) is 0.826. The number of benzene rings is 1. The van der Waals surface area contributed by atoms with E-state index >= 15 is 0 Å². The van der Waals surface area contributed by atoms with Crippen LogP contribution in [0, 0.1) is 0 Å². The molecule has 2 aromatic rings. The van der Waals surface area contributed by atoms with Crippen LogP contribution in [0.3, 0.4) is 0 Å². The Bertz CT molecular complexity index is 502. The van der Waals surface area contributed by atoms with Gasteiger partial charge in [-0.05, 0) is 36.4 Å². The van der Waals surface area contributed by atoms with E-state index in [9.17, 15) is 4.79 Å². The van der Waals surface area contributed by atoms with Gasteiger partial charge in [-0.15, -0.1) is 0 Å². The summed E-state index contributed by atoms with van der Waals surface area (Å²) in [6, 6.07) is 10.9. The van der Waals surface area contributed by atoms with Crippen molar-refractivity contribution in [1.82, 2.24) is 0 Å². The predicted molar refractivity (Wildman–Crippen MR) is 68.8 cm³/mol. The van der Waals surface area contributed by atoms with E-state index < -0.39 is 0 Å². The molecule has 2 rings (SSSR count). The van der Waals surface area contributed by atoms with E-state index in [0.29, 0.717) is 5.76 Å². The highest BCUT2D eigenvalue weighted by Gasteiger charge is 2.12. The van der Waals surface area contributed by atoms with E-state index in [2.05, 4.69) is 0 Å². The van der Waals surface area contributed by atoms with Crippen LogP contribution in [-0.4, -0.2) is 20.1 Å². The summed E-state index contributed by atoms with van der Waals surface area (Å²) in [5.74, 6) is 1.42. The molecule has 1 aromatic carbocycles. The van der Waals surface area contributed by atoms with Crippen molar-refractivity contribution in [3.8, 4) is 5.75 Å². The van der Waals surface area contributed by atoms with Gasteiger partial charge in [-0.3, -0.25) is 4.79 Å². The third kappa shape index (κ3) is 2.71. The van der Waals surface area contributed by atoms with Crippen molar-refractivity contribution in [2.75, 3.05) is 19.1 Å². The minimum absolute atomic E-state index is 0.0184. The van der Waals surface area contributed by atoms with Gasteiger partial charge in [-0.25, -0.2) is 0 Å². The molecular formula is C14H15NO3. The highest BCUT2D eigenvalue weighted by atomic mass is 16.5. The molecule has 0 aliphatic heterocycles. The van der Waals surface area contributed by atoms with Crippen LogP contribution in [0.25, 0.3) is 0 Å². The van der Waals surface area contributed by atoms with Gasteiger partial charge < -0.3 is 14.1 Å². The van der Waals surface area contributed by atoms with E-state index in [0.717, 1.165) is 11.4 Å². The molecule has 0 saturated carbocycles. The molecule has 1 aromatic heterocycles. The van der Waals surface area contributed by atoms with Gasteiger partial charge in [0.2, 0.25) is 5.91 Å². The molecule has 0 fully saturated rings. The monoisotopic (exact) mass is 245 g/mol. The van der Waals surface area contributed by atoms with E-state index in [1.54, 1.807) is 37.5 Å². The smallest absolute Gasteiger partial charge is 0.234 e. The molecule has 0 spiro atoms. The Morgan fingerprint density at radius 2 is 2.00 bits per heavy atom. The first-order valence-corrected chi connectivity index (χ1v) is 5.63. The molecule has 4 heteroatoms. The Balaban J connectivity index is 2.05. The fourth-order valence-electron chi connectivity index (χ4n) is 1.63. The lowest BCUT2D eigenvalue weighted by Crippen LogP contribution is -2.27. The average Bonchev–Trinajstić information content (AvgIpc) is 2.91. The van der Waals surface area contributed by atoms with Crippen molar-refractivity contribution in [2.45, 2.75) is 6.42 Å². The predicted octanol–water partition coefficient (Wildman–Crippen LogP) is 2.49. The SMILES string of the molecule is COc1ccc(N(C)C(=O)Cc2ccco2)cc1. The summed E-state index contributed by atoms with van der Waals surface area (Å²) in [4.78, 5) is 13.6. The Morgan fingerprint density at radius 3 is 2.56 bits per heavy atom. The Hall–Kier alpha value is -2.23. The summed E-state index contributed by atoms with van der Waals surface area (Å²) in [6.07, 6.45) is 1.82. The zero-order valence-electron chi connectivity index (χ0n) is 10.4. The van der Waals surface area contributed by atoms with Crippen LogP contribution in [0.4, 0.5) is 5.69 Å². The van der Waals surface area contributed by atoms with Crippen LogP contribution in [-0.2, 0) is 11.2 Å². The number of carbonyl (C=O) groups excluding carboxylic acids is 1. The Kier molecular flexibility index (Phi) is 3.67. The number of rotatable bonds is 4. The van der Waals surface area contributed by atoms with Crippen LogP contribution in [0.15, 0.2) is 47.1 Å². The van der Waals surface area contributed by atoms with Gasteiger partial charge in [0, 0.05) is 12.7 Å². The standard InChI is InChI=1S/C14H15NO3/c1-15(11-5-7-12(17-2)8-6-11)14(16)10-13-4-3-9-18-13/h3-9H,10H2,1-2H3. The average molecular weight is 245 g/mol. The number of furan rings is 1. The summed E-state index contributed by atoms with van der Waals surface area (Å²) >= 11 is 0. The van der Waals surface area contributed by atoms with Gasteiger partial charge in [-0.2, -0.15) is 0 Å². The molecule has 0 radical (unpaired) electrons. The quantitative estimate of drug-likeness (QED) is 0.831. The number of hydrogen-bond donors (Lipinski definition) is 0. The van der Waals surface area contributed by atoms with Crippen molar-refractivity contribution in [3.05, 3.63) is 48.4 Å². The van der Waals surface area contributed by atoms with Crippen LogP contribution in [0.1, 0.15) is 5.76 Å². The molecule has 1 amide bonds. The zero-order valence-corrected chi connectivity index (χ0v) is 10.4. The van der Waals surface area contributed by atoms with E-state index in [-0.39, 0.29) is 12.3 Å². The van der Waals surface area contributed by atoms with E-state index in [1.165, 1.54) is 0 Å². The topological polar surface area (TPSA) is 42.7 Å². The molecule has 94 valence electrons. The van der Waals surface area contributed by atoms with Gasteiger partial charge in [-0.1, -0.05) is 0 Å². The lowest BCUT2D eigenvalue weighted by molar-refractivity contribution is -0.117. The maximum Gasteiger partial charge on any atom is 0.234 e. The molecule has 4 nitrogen and oxygen atoms in total. The van der Waals surface area contributed by atoms with Gasteiger partial charge in [0.25, 0.3) is 0 Å². The lowest BCUT2D eigenvalue weighted by Gasteiger charge is -2.17. The second-order valence-electron chi connectivity index (χ2n) is 3.91. The third-order valence-electron chi connectivity index (χ3n) is 2.74. The molecule has 0 unspecified atom stereocenters. The van der Waals surface area contributed by atoms with Gasteiger partial charge in [0.1, 0.15) is 11.5 Å². The van der Waals surface area contributed by atoms with Crippen molar-refractivity contribution in [1.29, 1.82) is 0 Å². The normalized spacial score (nSPS) is 10.1. The number of ether oxygens (including phenoxy) is 1. The van der Waals surface area contributed by atoms with Crippen LogP contribution in [0.2, 0.25) is 0 Å². The molecular weight excluding hydrogens is 230 g/mol. The number of nitrogens with zero attached hydrogens (tertiary/aromatic N) is 1. The lowest BCUT2D eigenvalue weighted by atomic mass is 10.2. The summed E-state index contributed by atoms with van der Waals surface area (Å²) in [6.45, 7) is 0. The van der Waals surface area contributed by atoms with Crippen molar-refractivity contribution < 1.29 is 13.9 Å². The van der Waals surface area contributed by atoms with E-state index in [4.69, 9.17) is 9.15 Å². The maximum atomic E-state index is 12.0. The number of anilines is 1. The van der Waals surface area contributed by atoms with Gasteiger partial charge >= 0.3 is 0 Å². The van der Waals surface area contributed by atoms with Crippen molar-refractivity contribution in [2.24, 2.45) is 0 Å². The zero-order chi connectivity index (χ0) is 13.0. The summed E-state index contributed by atoms with van der Waals surface area (Å²) < 4.78 is 10.2. The highest BCUT2D eigenvalue weighted by molar-refractivity contribution is 5.93. The first kappa shape index (κ1) is 12.2. The fourth-order valence-corrected chi connectivity index (χ4v) is 1.63. The maximum absolute atomic E-state index is 12.0. The molecule has 0 aliphatic carbocycles. The van der Waals surface area contributed by atoms with Crippen LogP contribution < -0.4 is 9.64 Å². The molecule has 0 saturated heterocycles. The number of amides is 1. The van der Waals surface area contributed by atoms with Crippen LogP contribution >= 0.6 is 0 Å². The second kappa shape index (κ2) is 5.40. The molecule has 0 N–H and O–H groups in total. The number of likely N-dealkylation sites (N-methyl/N-ethyl adjacent to an activating group) is 1. The molecule has 1 heterocycles. The Labute approximate surface area is 106 Å². The molecule has 0 bridgehead atoms. The number of methoxy groups -OCH3 is 1. The molecule has 18 heavy (non-hydrogen) atoms. The van der Waals surface area contributed by atoms with Gasteiger partial charge in [0.15, 0.2) is 0 Å². The first-order chi connectivity index (χ1) is 8.70.